The lowest BCUT2D eigenvalue weighted by atomic mass is 9.58. The second-order valence-electron chi connectivity index (χ2n) is 8.71. The van der Waals surface area contributed by atoms with E-state index < -0.39 is 46.9 Å². The van der Waals surface area contributed by atoms with E-state index in [1.807, 2.05) is 0 Å². The highest BCUT2D eigenvalue weighted by atomic mass is 19.4. The van der Waals surface area contributed by atoms with E-state index in [9.17, 15) is 31.4 Å². The van der Waals surface area contributed by atoms with Gasteiger partial charge in [0.25, 0.3) is 0 Å². The highest BCUT2D eigenvalue weighted by Gasteiger charge is 2.77. The largest absolute Gasteiger partial charge is 0.403 e. The van der Waals surface area contributed by atoms with Crippen LogP contribution in [0, 0.1) is 17.3 Å². The Morgan fingerprint density at radius 1 is 1.12 bits per heavy atom. The van der Waals surface area contributed by atoms with Crippen LogP contribution in [0.1, 0.15) is 66.2 Å². The first-order chi connectivity index (χ1) is 11.6. The van der Waals surface area contributed by atoms with Crippen LogP contribution in [0.4, 0.5) is 26.3 Å². The fraction of sp³-hybridized carbons (Fsp3) is 1.00. The molecule has 1 heterocycles. The summed E-state index contributed by atoms with van der Waals surface area (Å²) < 4.78 is 90.1. The molecule has 0 bridgehead atoms. The van der Waals surface area contributed by atoms with Crippen molar-refractivity contribution >= 4 is 0 Å². The van der Waals surface area contributed by atoms with Crippen molar-refractivity contribution in [1.29, 1.82) is 0 Å². The minimum absolute atomic E-state index is 0.121. The average molecular weight is 390 g/mol. The van der Waals surface area contributed by atoms with E-state index >= 15 is 0 Å². The molecule has 0 amide bonds. The normalized spacial score (nSPS) is 31.5. The smallest absolute Gasteiger partial charge is 0.390 e. The quantitative estimate of drug-likeness (QED) is 0.471. The third kappa shape index (κ3) is 3.73. The molecule has 1 N–H and O–H groups in total. The first-order valence-corrected chi connectivity index (χ1v) is 9.12. The van der Waals surface area contributed by atoms with Gasteiger partial charge in [-0.3, -0.25) is 0 Å². The topological polar surface area (TPSA) is 32.8 Å². The van der Waals surface area contributed by atoms with Crippen LogP contribution in [0.2, 0.25) is 0 Å². The molecule has 1 saturated carbocycles. The van der Waals surface area contributed by atoms with Gasteiger partial charge in [0.2, 0.25) is 0 Å². The summed E-state index contributed by atoms with van der Waals surface area (Å²) in [5, 5.41) is 9.84. The molecule has 0 aromatic carbocycles. The van der Waals surface area contributed by atoms with E-state index in [0.29, 0.717) is 0 Å². The van der Waals surface area contributed by atoms with Crippen molar-refractivity contribution in [2.75, 3.05) is 0 Å². The van der Waals surface area contributed by atoms with Crippen LogP contribution in [-0.4, -0.2) is 34.8 Å². The highest BCUT2D eigenvalue weighted by molar-refractivity contribution is 5.11. The molecule has 4 unspecified atom stereocenters. The molecule has 0 radical (unpaired) electrons. The Hall–Kier alpha value is -0.500. The highest BCUT2D eigenvalue weighted by Crippen LogP contribution is 2.66. The SMILES string of the molecule is CCC(CCC(C)(C)O)C(C1CCC2(C)OC2C1)(C(F)(F)F)C(F)(F)F. The number of hydrogen-bond acceptors (Lipinski definition) is 2. The molecule has 2 aliphatic rings. The monoisotopic (exact) mass is 390 g/mol. The maximum absolute atomic E-state index is 14.1. The number of alkyl halides is 6. The molecule has 2 rings (SSSR count). The van der Waals surface area contributed by atoms with Gasteiger partial charge in [-0.15, -0.1) is 0 Å². The first kappa shape index (κ1) is 21.8. The maximum atomic E-state index is 14.1. The molecule has 154 valence electrons. The zero-order valence-electron chi connectivity index (χ0n) is 15.6. The number of aliphatic hydroxyl groups is 1. The van der Waals surface area contributed by atoms with Crippen LogP contribution in [0.5, 0.6) is 0 Å². The van der Waals surface area contributed by atoms with E-state index in [4.69, 9.17) is 4.74 Å². The molecule has 0 aromatic heterocycles. The fourth-order valence-corrected chi connectivity index (χ4v) is 4.76. The van der Waals surface area contributed by atoms with Crippen LogP contribution in [0.25, 0.3) is 0 Å². The van der Waals surface area contributed by atoms with Crippen molar-refractivity contribution in [1.82, 2.24) is 0 Å². The Bertz CT molecular complexity index is 493. The molecule has 0 spiro atoms. The van der Waals surface area contributed by atoms with Gasteiger partial charge in [-0.25, -0.2) is 0 Å². The van der Waals surface area contributed by atoms with Gasteiger partial charge in [-0.2, -0.15) is 26.3 Å². The summed E-state index contributed by atoms with van der Waals surface area (Å²) in [7, 11) is 0. The molecular formula is C18H28F6O2. The Morgan fingerprint density at radius 3 is 2.04 bits per heavy atom. The molecule has 1 aliphatic carbocycles. The second kappa shape index (κ2) is 6.54. The Kier molecular flexibility index (Phi) is 5.48. The van der Waals surface area contributed by atoms with Crippen LogP contribution in [0.3, 0.4) is 0 Å². The lowest BCUT2D eigenvalue weighted by Gasteiger charge is -2.49. The van der Waals surface area contributed by atoms with E-state index in [0.717, 1.165) is 0 Å². The van der Waals surface area contributed by atoms with Gasteiger partial charge in [0, 0.05) is 0 Å². The van der Waals surface area contributed by atoms with Gasteiger partial charge in [0.15, 0.2) is 5.41 Å². The first-order valence-electron chi connectivity index (χ1n) is 9.12. The predicted octanol–water partition coefficient (Wildman–Crippen LogP) is 5.63. The minimum Gasteiger partial charge on any atom is -0.390 e. The number of halogens is 6. The van der Waals surface area contributed by atoms with Gasteiger partial charge < -0.3 is 9.84 Å². The summed E-state index contributed by atoms with van der Waals surface area (Å²) in [6.45, 7) is 5.89. The van der Waals surface area contributed by atoms with Crippen molar-refractivity contribution < 1.29 is 36.2 Å². The molecular weight excluding hydrogens is 362 g/mol. The molecule has 4 atom stereocenters. The third-order valence-electron chi connectivity index (χ3n) is 6.35. The number of hydrogen-bond donors (Lipinski definition) is 1. The van der Waals surface area contributed by atoms with E-state index in [-0.39, 0.29) is 38.5 Å². The molecule has 2 nitrogen and oxygen atoms in total. The number of rotatable bonds is 6. The van der Waals surface area contributed by atoms with Crippen molar-refractivity contribution in [2.45, 2.75) is 95.9 Å². The van der Waals surface area contributed by atoms with Crippen molar-refractivity contribution in [2.24, 2.45) is 17.3 Å². The molecule has 2 fully saturated rings. The van der Waals surface area contributed by atoms with Gasteiger partial charge in [-0.1, -0.05) is 13.3 Å². The zero-order valence-corrected chi connectivity index (χ0v) is 15.6. The second-order valence-corrected chi connectivity index (χ2v) is 8.71. The lowest BCUT2D eigenvalue weighted by molar-refractivity contribution is -0.380. The van der Waals surface area contributed by atoms with Gasteiger partial charge >= 0.3 is 12.4 Å². The van der Waals surface area contributed by atoms with Crippen LogP contribution < -0.4 is 0 Å². The van der Waals surface area contributed by atoms with Crippen LogP contribution in [-0.2, 0) is 4.74 Å². The minimum atomic E-state index is -5.42. The van der Waals surface area contributed by atoms with Gasteiger partial charge in [0.1, 0.15) is 0 Å². The number of fused-ring (bicyclic) bond motifs is 1. The van der Waals surface area contributed by atoms with Crippen molar-refractivity contribution in [3.8, 4) is 0 Å². The lowest BCUT2D eigenvalue weighted by Crippen LogP contribution is -2.60. The van der Waals surface area contributed by atoms with Gasteiger partial charge in [0.05, 0.1) is 17.3 Å². The summed E-state index contributed by atoms with van der Waals surface area (Å²) >= 11 is 0. The molecule has 1 saturated heterocycles. The average Bonchev–Trinajstić information content (AvgIpc) is 3.09. The summed E-state index contributed by atoms with van der Waals surface area (Å²) in [4.78, 5) is 0. The van der Waals surface area contributed by atoms with Crippen molar-refractivity contribution in [3.05, 3.63) is 0 Å². The summed E-state index contributed by atoms with van der Waals surface area (Å²) in [6.07, 6.45) is -12.3. The molecule has 1 aliphatic heterocycles. The standard InChI is InChI=1S/C18H28F6O2/c1-5-11(6-8-14(2,3)25)16(17(19,20)21,18(22,23)24)12-7-9-15(4)13(10-12)26-15/h11-13,25H,5-10H2,1-4H3. The van der Waals surface area contributed by atoms with E-state index in [1.165, 1.54) is 20.8 Å². The molecule has 8 heteroatoms. The van der Waals surface area contributed by atoms with Crippen molar-refractivity contribution in [3.63, 3.8) is 0 Å². The zero-order chi connectivity index (χ0) is 20.2. The summed E-state index contributed by atoms with van der Waals surface area (Å²) in [6, 6.07) is 0. The van der Waals surface area contributed by atoms with Gasteiger partial charge in [-0.05, 0) is 64.7 Å². The van der Waals surface area contributed by atoms with Crippen LogP contribution in [0.15, 0.2) is 0 Å². The van der Waals surface area contributed by atoms with Crippen LogP contribution >= 0.6 is 0 Å². The molecule has 26 heavy (non-hydrogen) atoms. The third-order valence-corrected chi connectivity index (χ3v) is 6.35. The van der Waals surface area contributed by atoms with E-state index in [1.54, 1.807) is 6.92 Å². The number of ether oxygens (including phenoxy) is 1. The summed E-state index contributed by atoms with van der Waals surface area (Å²) in [5.74, 6) is -3.20. The Labute approximate surface area is 150 Å². The Morgan fingerprint density at radius 2 is 1.65 bits per heavy atom. The Balaban J connectivity index is 2.45. The fourth-order valence-electron chi connectivity index (χ4n) is 4.76. The predicted molar refractivity (Wildman–Crippen MR) is 84.5 cm³/mol. The maximum Gasteiger partial charge on any atom is 0.403 e. The van der Waals surface area contributed by atoms with E-state index in [2.05, 4.69) is 0 Å². The summed E-state index contributed by atoms with van der Waals surface area (Å²) in [5.41, 5.74) is -5.65. The number of epoxide rings is 1. The molecule has 0 aromatic rings.